The summed E-state index contributed by atoms with van der Waals surface area (Å²) >= 11 is 0. The molecule has 0 aliphatic rings. The summed E-state index contributed by atoms with van der Waals surface area (Å²) in [6.07, 6.45) is 0. The molecular formula is C23H27BO3Si. The number of hydrogen-bond acceptors (Lipinski definition) is 3. The topological polar surface area (TPSA) is 38.7 Å². The Morgan fingerprint density at radius 1 is 0.786 bits per heavy atom. The van der Waals surface area contributed by atoms with Crippen molar-refractivity contribution < 1.29 is 14.1 Å². The third-order valence-corrected chi connectivity index (χ3v) is 7.18. The van der Waals surface area contributed by atoms with Crippen LogP contribution in [0.15, 0.2) is 84.9 Å². The van der Waals surface area contributed by atoms with Crippen LogP contribution in [0.1, 0.15) is 26.3 Å². The second-order valence-electron chi connectivity index (χ2n) is 7.88. The zero-order valence-electron chi connectivity index (χ0n) is 16.7. The highest BCUT2D eigenvalue weighted by Crippen LogP contribution is 2.20. The van der Waals surface area contributed by atoms with Gasteiger partial charge in [0.2, 0.25) is 9.04 Å². The minimum Gasteiger partial charge on any atom is -0.423 e. The monoisotopic (exact) mass is 390 g/mol. The van der Waals surface area contributed by atoms with E-state index in [4.69, 9.17) is 9.08 Å². The van der Waals surface area contributed by atoms with E-state index in [1.54, 1.807) is 0 Å². The van der Waals surface area contributed by atoms with Crippen LogP contribution in [0, 0.1) is 0 Å². The molecule has 3 rings (SSSR count). The molecule has 0 aromatic heterocycles. The summed E-state index contributed by atoms with van der Waals surface area (Å²) in [5.41, 5.74) is 2.03. The van der Waals surface area contributed by atoms with Crippen LogP contribution in [0.3, 0.4) is 0 Å². The molecule has 0 aliphatic carbocycles. The molecule has 0 unspecified atom stereocenters. The van der Waals surface area contributed by atoms with Gasteiger partial charge in [-0.25, -0.2) is 0 Å². The molecular weight excluding hydrogens is 363 g/mol. The Bertz CT molecular complexity index is 809. The van der Waals surface area contributed by atoms with E-state index in [1.807, 2.05) is 60.7 Å². The highest BCUT2D eigenvalue weighted by molar-refractivity contribution is 6.80. The van der Waals surface area contributed by atoms with Gasteiger partial charge < -0.3 is 14.1 Å². The molecule has 3 nitrogen and oxygen atoms in total. The van der Waals surface area contributed by atoms with Crippen molar-refractivity contribution in [2.75, 3.05) is 6.79 Å². The fraction of sp³-hybridized carbons (Fsp3) is 0.217. The number of rotatable bonds is 7. The molecule has 0 spiro atoms. The molecule has 3 aromatic rings. The third kappa shape index (κ3) is 5.43. The van der Waals surface area contributed by atoms with Crippen molar-refractivity contribution in [2.24, 2.45) is 0 Å². The van der Waals surface area contributed by atoms with Crippen LogP contribution < -0.4 is 15.8 Å². The number of benzene rings is 3. The van der Waals surface area contributed by atoms with E-state index in [0.29, 0.717) is 0 Å². The Morgan fingerprint density at radius 3 is 1.75 bits per heavy atom. The van der Waals surface area contributed by atoms with Gasteiger partial charge in [0.25, 0.3) is 0 Å². The van der Waals surface area contributed by atoms with Crippen LogP contribution in [-0.2, 0) is 14.5 Å². The first kappa shape index (κ1) is 20.6. The van der Waals surface area contributed by atoms with Crippen molar-refractivity contribution in [1.29, 1.82) is 0 Å². The summed E-state index contributed by atoms with van der Waals surface area (Å²) in [5.74, 6) is 0. The molecule has 0 saturated carbocycles. The molecule has 5 heteroatoms. The molecule has 0 aliphatic heterocycles. The predicted octanol–water partition coefficient (Wildman–Crippen LogP) is 2.20. The van der Waals surface area contributed by atoms with Gasteiger partial charge in [-0.3, -0.25) is 0 Å². The molecule has 3 aromatic carbocycles. The van der Waals surface area contributed by atoms with Crippen LogP contribution in [0.2, 0.25) is 0 Å². The van der Waals surface area contributed by atoms with Crippen LogP contribution in [0.4, 0.5) is 0 Å². The van der Waals surface area contributed by atoms with E-state index in [2.05, 4.69) is 45.0 Å². The third-order valence-electron chi connectivity index (χ3n) is 4.73. The van der Waals surface area contributed by atoms with E-state index < -0.39 is 16.2 Å². The molecule has 1 N–H and O–H groups in total. The summed E-state index contributed by atoms with van der Waals surface area (Å²) in [6.45, 7) is 6.55. The van der Waals surface area contributed by atoms with Crippen molar-refractivity contribution in [3.05, 3.63) is 90.5 Å². The van der Waals surface area contributed by atoms with Crippen molar-refractivity contribution >= 4 is 32.0 Å². The highest BCUT2D eigenvalue weighted by Gasteiger charge is 2.21. The van der Waals surface area contributed by atoms with E-state index in [0.717, 1.165) is 5.46 Å². The highest BCUT2D eigenvalue weighted by atomic mass is 28.3. The van der Waals surface area contributed by atoms with Gasteiger partial charge in [-0.05, 0) is 26.8 Å². The maximum absolute atomic E-state index is 10.4. The van der Waals surface area contributed by atoms with Crippen molar-refractivity contribution in [2.45, 2.75) is 26.2 Å². The Hall–Kier alpha value is -2.18. The van der Waals surface area contributed by atoms with E-state index >= 15 is 0 Å². The van der Waals surface area contributed by atoms with Crippen molar-refractivity contribution in [1.82, 2.24) is 0 Å². The molecule has 0 bridgehead atoms. The zero-order valence-corrected chi connectivity index (χ0v) is 17.9. The van der Waals surface area contributed by atoms with Crippen LogP contribution in [-0.4, -0.2) is 28.0 Å². The Labute approximate surface area is 169 Å². The van der Waals surface area contributed by atoms with Gasteiger partial charge in [0.1, 0.15) is 6.79 Å². The molecule has 0 radical (unpaired) electrons. The van der Waals surface area contributed by atoms with Crippen LogP contribution in [0.5, 0.6) is 0 Å². The van der Waals surface area contributed by atoms with Gasteiger partial charge in [-0.2, -0.15) is 0 Å². The Balaban J connectivity index is 1.64. The lowest BCUT2D eigenvalue weighted by molar-refractivity contribution is 0.106. The molecule has 0 saturated heterocycles. The van der Waals surface area contributed by atoms with Gasteiger partial charge in [-0.1, -0.05) is 106 Å². The molecule has 0 fully saturated rings. The van der Waals surface area contributed by atoms with Crippen molar-refractivity contribution in [3.63, 3.8) is 0 Å². The van der Waals surface area contributed by atoms with Gasteiger partial charge in [-0.15, -0.1) is 0 Å². The first-order valence-electron chi connectivity index (χ1n) is 9.57. The predicted molar refractivity (Wildman–Crippen MR) is 119 cm³/mol. The first-order chi connectivity index (χ1) is 13.4. The zero-order chi connectivity index (χ0) is 20.0. The average Bonchev–Trinajstić information content (AvgIpc) is 2.72. The lowest BCUT2D eigenvalue weighted by atomic mass is 9.77. The lowest BCUT2D eigenvalue weighted by Gasteiger charge is -2.20. The lowest BCUT2D eigenvalue weighted by Crippen LogP contribution is -2.46. The average molecular weight is 390 g/mol. The largest absolute Gasteiger partial charge is 0.492 e. The fourth-order valence-electron chi connectivity index (χ4n) is 3.06. The first-order valence-corrected chi connectivity index (χ1v) is 11.2. The molecule has 0 amide bonds. The summed E-state index contributed by atoms with van der Waals surface area (Å²) < 4.78 is 11.7. The van der Waals surface area contributed by atoms with Gasteiger partial charge in [0.05, 0.1) is 0 Å². The van der Waals surface area contributed by atoms with Crippen molar-refractivity contribution in [3.8, 4) is 0 Å². The van der Waals surface area contributed by atoms with E-state index in [-0.39, 0.29) is 12.2 Å². The van der Waals surface area contributed by atoms with E-state index in [1.165, 1.54) is 15.9 Å². The van der Waals surface area contributed by atoms with Gasteiger partial charge >= 0.3 is 7.12 Å². The Morgan fingerprint density at radius 2 is 1.29 bits per heavy atom. The molecule has 0 heterocycles. The quantitative estimate of drug-likeness (QED) is 0.497. The number of hydrogen-bond donors (Lipinski definition) is 1. The van der Waals surface area contributed by atoms with Crippen LogP contribution in [0.25, 0.3) is 0 Å². The van der Waals surface area contributed by atoms with Crippen LogP contribution >= 0.6 is 0 Å². The maximum Gasteiger partial charge on any atom is 0.492 e. The minimum absolute atomic E-state index is 0.0445. The summed E-state index contributed by atoms with van der Waals surface area (Å²) in [7, 11) is -2.87. The second kappa shape index (κ2) is 9.35. The molecule has 0 atom stereocenters. The normalized spacial score (nSPS) is 11.6. The van der Waals surface area contributed by atoms with Gasteiger partial charge in [0.15, 0.2) is 0 Å². The summed E-state index contributed by atoms with van der Waals surface area (Å²) in [5, 5.41) is 12.7. The maximum atomic E-state index is 10.4. The van der Waals surface area contributed by atoms with Gasteiger partial charge in [0, 0.05) is 0 Å². The van der Waals surface area contributed by atoms with E-state index in [9.17, 15) is 5.02 Å². The minimum atomic E-state index is -1.87. The molecule has 144 valence electrons. The molecule has 28 heavy (non-hydrogen) atoms. The second-order valence-corrected chi connectivity index (χ2v) is 10.3. The standard InChI is InChI=1S/C23H27BO3Si/c1-23(2,3)19-14-16-20(17-15-19)24(25)26-18-27-28(21-10-6-4-7-11-21)22-12-8-5-9-13-22/h4-17,25,28H,18H2,1-3H3. The summed E-state index contributed by atoms with van der Waals surface area (Å²) in [4.78, 5) is 0. The smallest absolute Gasteiger partial charge is 0.423 e. The summed E-state index contributed by atoms with van der Waals surface area (Å²) in [6, 6.07) is 28.3. The fourth-order valence-corrected chi connectivity index (χ4v) is 5.18. The Kier molecular flexibility index (Phi) is 6.86. The SMILES string of the molecule is CC(C)(C)c1ccc(B(O)OCO[SiH](c2ccccc2)c2ccccc2)cc1.